The van der Waals surface area contributed by atoms with Gasteiger partial charge in [-0.25, -0.2) is 0 Å². The van der Waals surface area contributed by atoms with Crippen LogP contribution in [0.15, 0.2) is 25.3 Å². The van der Waals surface area contributed by atoms with Gasteiger partial charge in [0.2, 0.25) is 0 Å². The number of hydrogen-bond acceptors (Lipinski definition) is 2. The zero-order valence-electron chi connectivity index (χ0n) is 9.28. The third kappa shape index (κ3) is 3.80. The monoisotopic (exact) mass is 232 g/mol. The Morgan fingerprint density at radius 3 is 2.00 bits per heavy atom. The van der Waals surface area contributed by atoms with Gasteiger partial charge in [0, 0.05) is 0 Å². The lowest BCUT2D eigenvalue weighted by Gasteiger charge is -2.28. The number of hydrogen-bond donors (Lipinski definition) is 1. The number of allylic oxidation sites excluding steroid dienone is 2. The first-order valence-electron chi connectivity index (χ1n) is 5.12. The molecule has 0 bridgehead atoms. The molecule has 0 fully saturated rings. The lowest BCUT2D eigenvalue weighted by atomic mass is 9.94. The molecule has 0 atom stereocenters. The van der Waals surface area contributed by atoms with Gasteiger partial charge in [-0.15, -0.1) is 13.2 Å². The van der Waals surface area contributed by atoms with E-state index in [0.29, 0.717) is 6.42 Å². The Morgan fingerprint density at radius 1 is 1.27 bits per heavy atom. The fourth-order valence-electron chi connectivity index (χ4n) is 1.65. The molecule has 0 rings (SSSR count). The predicted molar refractivity (Wildman–Crippen MR) is 63.4 cm³/mol. The van der Waals surface area contributed by atoms with Gasteiger partial charge in [-0.3, -0.25) is 4.55 Å². The van der Waals surface area contributed by atoms with E-state index < -0.39 is 14.9 Å². The van der Waals surface area contributed by atoms with Crippen molar-refractivity contribution in [3.63, 3.8) is 0 Å². The molecule has 0 unspecified atom stereocenters. The van der Waals surface area contributed by atoms with E-state index in [1.807, 2.05) is 6.92 Å². The molecule has 0 aliphatic carbocycles. The molecule has 0 radical (unpaired) electrons. The minimum Gasteiger partial charge on any atom is -0.285 e. The van der Waals surface area contributed by atoms with Crippen molar-refractivity contribution >= 4 is 10.1 Å². The van der Waals surface area contributed by atoms with Crippen molar-refractivity contribution in [2.24, 2.45) is 0 Å². The zero-order chi connectivity index (χ0) is 11.9. The predicted octanol–water partition coefficient (Wildman–Crippen LogP) is 2.96. The summed E-state index contributed by atoms with van der Waals surface area (Å²) in [6.45, 7) is 9.06. The summed E-state index contributed by atoms with van der Waals surface area (Å²) < 4.78 is 31.0. The Hall–Kier alpha value is -0.610. The Morgan fingerprint density at radius 2 is 1.73 bits per heavy atom. The normalized spacial score (nSPS) is 12.4. The average Bonchev–Trinajstić information content (AvgIpc) is 2.13. The maximum Gasteiger partial charge on any atom is 0.271 e. The Bertz CT molecular complexity index is 294. The molecular weight excluding hydrogens is 212 g/mol. The molecule has 0 aromatic rings. The highest BCUT2D eigenvalue weighted by Gasteiger charge is 2.39. The topological polar surface area (TPSA) is 54.4 Å². The van der Waals surface area contributed by atoms with E-state index in [0.717, 1.165) is 12.8 Å². The van der Waals surface area contributed by atoms with Crippen LogP contribution in [0.3, 0.4) is 0 Å². The van der Waals surface area contributed by atoms with E-state index in [1.165, 1.54) is 12.2 Å². The van der Waals surface area contributed by atoms with Crippen LogP contribution in [-0.2, 0) is 10.1 Å². The highest BCUT2D eigenvalue weighted by molar-refractivity contribution is 7.87. The Balaban J connectivity index is 5.06. The molecule has 0 aromatic heterocycles. The van der Waals surface area contributed by atoms with Crippen LogP contribution in [-0.4, -0.2) is 17.7 Å². The van der Waals surface area contributed by atoms with E-state index in [4.69, 9.17) is 0 Å². The van der Waals surface area contributed by atoms with Gasteiger partial charge in [-0.1, -0.05) is 31.9 Å². The molecule has 3 nitrogen and oxygen atoms in total. The maximum absolute atomic E-state index is 11.4. The van der Waals surface area contributed by atoms with Crippen molar-refractivity contribution in [2.75, 3.05) is 0 Å². The van der Waals surface area contributed by atoms with Crippen LogP contribution >= 0.6 is 0 Å². The molecule has 4 heteroatoms. The van der Waals surface area contributed by atoms with Crippen LogP contribution in [0, 0.1) is 0 Å². The van der Waals surface area contributed by atoms with Crippen molar-refractivity contribution in [3.8, 4) is 0 Å². The number of unbranched alkanes of at least 4 members (excludes halogenated alkanes) is 1. The molecule has 0 amide bonds. The first-order chi connectivity index (χ1) is 6.93. The maximum atomic E-state index is 11.4. The molecule has 1 N–H and O–H groups in total. The largest absolute Gasteiger partial charge is 0.285 e. The third-order valence-electron chi connectivity index (χ3n) is 2.57. The van der Waals surface area contributed by atoms with Crippen LogP contribution in [0.5, 0.6) is 0 Å². The van der Waals surface area contributed by atoms with Gasteiger partial charge in [0.1, 0.15) is 4.75 Å². The second kappa shape index (κ2) is 6.08. The van der Waals surface area contributed by atoms with E-state index in [2.05, 4.69) is 13.2 Å². The first-order valence-corrected chi connectivity index (χ1v) is 6.56. The zero-order valence-corrected chi connectivity index (χ0v) is 10.1. The van der Waals surface area contributed by atoms with Gasteiger partial charge in [0.25, 0.3) is 10.1 Å². The molecule has 15 heavy (non-hydrogen) atoms. The minimum absolute atomic E-state index is 0.262. The molecule has 0 spiro atoms. The molecule has 88 valence electrons. The van der Waals surface area contributed by atoms with E-state index in [-0.39, 0.29) is 12.8 Å². The summed E-state index contributed by atoms with van der Waals surface area (Å²) in [6.07, 6.45) is 5.70. The van der Waals surface area contributed by atoms with Gasteiger partial charge in [0.05, 0.1) is 0 Å². The summed E-state index contributed by atoms with van der Waals surface area (Å²) in [4.78, 5) is 0. The third-order valence-corrected chi connectivity index (χ3v) is 4.20. The highest BCUT2D eigenvalue weighted by atomic mass is 32.2. The van der Waals surface area contributed by atoms with Gasteiger partial charge in [-0.2, -0.15) is 8.42 Å². The van der Waals surface area contributed by atoms with Crippen molar-refractivity contribution < 1.29 is 13.0 Å². The molecule has 0 aliphatic heterocycles. The van der Waals surface area contributed by atoms with Crippen molar-refractivity contribution in [2.45, 2.75) is 43.8 Å². The smallest absolute Gasteiger partial charge is 0.271 e. The lowest BCUT2D eigenvalue weighted by molar-refractivity contribution is 0.399. The van der Waals surface area contributed by atoms with Gasteiger partial charge in [-0.05, 0) is 19.3 Å². The number of rotatable bonds is 8. The molecule has 0 saturated carbocycles. The highest BCUT2D eigenvalue weighted by Crippen LogP contribution is 2.32. The van der Waals surface area contributed by atoms with Crippen molar-refractivity contribution in [1.29, 1.82) is 0 Å². The molecule has 0 saturated heterocycles. The Kier molecular flexibility index (Phi) is 5.83. The van der Waals surface area contributed by atoms with Crippen molar-refractivity contribution in [1.82, 2.24) is 0 Å². The van der Waals surface area contributed by atoms with Crippen LogP contribution in [0.25, 0.3) is 0 Å². The van der Waals surface area contributed by atoms with Crippen LogP contribution < -0.4 is 0 Å². The van der Waals surface area contributed by atoms with Crippen LogP contribution in [0.4, 0.5) is 0 Å². The summed E-state index contributed by atoms with van der Waals surface area (Å²) in [6, 6.07) is 0. The fraction of sp³-hybridized carbons (Fsp3) is 0.636. The van der Waals surface area contributed by atoms with Crippen molar-refractivity contribution in [3.05, 3.63) is 25.3 Å². The second-order valence-electron chi connectivity index (χ2n) is 3.75. The van der Waals surface area contributed by atoms with Gasteiger partial charge in [0.15, 0.2) is 0 Å². The van der Waals surface area contributed by atoms with Gasteiger partial charge < -0.3 is 0 Å². The first kappa shape index (κ1) is 14.4. The molecule has 0 aromatic carbocycles. The lowest BCUT2D eigenvalue weighted by Crippen LogP contribution is -2.37. The molecule has 0 aliphatic rings. The summed E-state index contributed by atoms with van der Waals surface area (Å²) in [5.74, 6) is 0. The van der Waals surface area contributed by atoms with E-state index in [1.54, 1.807) is 0 Å². The average molecular weight is 232 g/mol. The second-order valence-corrected chi connectivity index (χ2v) is 5.56. The summed E-state index contributed by atoms with van der Waals surface area (Å²) in [7, 11) is -4.07. The van der Waals surface area contributed by atoms with Crippen LogP contribution in [0.2, 0.25) is 0 Å². The Labute approximate surface area is 92.6 Å². The SMILES string of the molecule is C=CCC(CC=C)(CCCC)S(=O)(=O)O. The van der Waals surface area contributed by atoms with Gasteiger partial charge >= 0.3 is 0 Å². The molecule has 0 heterocycles. The minimum atomic E-state index is -4.07. The quantitative estimate of drug-likeness (QED) is 0.517. The summed E-state index contributed by atoms with van der Waals surface area (Å²) in [5.41, 5.74) is 0. The summed E-state index contributed by atoms with van der Waals surface area (Å²) >= 11 is 0. The standard InChI is InChI=1S/C11H20O3S/c1-4-7-10-11(8-5-2,9-6-3)15(12,13)14/h5-6H,2-4,7-10H2,1H3,(H,12,13,14). The summed E-state index contributed by atoms with van der Waals surface area (Å²) in [5, 5.41) is 0. The van der Waals surface area contributed by atoms with E-state index in [9.17, 15) is 13.0 Å². The fourth-order valence-corrected chi connectivity index (χ4v) is 2.71. The van der Waals surface area contributed by atoms with E-state index >= 15 is 0 Å². The van der Waals surface area contributed by atoms with Crippen LogP contribution in [0.1, 0.15) is 39.0 Å². The molecular formula is C11H20O3S.